The van der Waals surface area contributed by atoms with Crippen molar-refractivity contribution in [1.82, 2.24) is 19.7 Å². The van der Waals surface area contributed by atoms with E-state index in [1.54, 1.807) is 6.33 Å². The lowest BCUT2D eigenvalue weighted by Gasteiger charge is -2.10. The zero-order chi connectivity index (χ0) is 17.3. The van der Waals surface area contributed by atoms with Crippen molar-refractivity contribution in [1.29, 1.82) is 0 Å². The SMILES string of the molecule is c1ccc(-c2ccc3cc(-c4nnc[nH]4)n(-c4ccccc4)c3c2)cc1. The van der Waals surface area contributed by atoms with Crippen LogP contribution in [0.2, 0.25) is 0 Å². The van der Waals surface area contributed by atoms with Gasteiger partial charge in [-0.3, -0.25) is 0 Å². The summed E-state index contributed by atoms with van der Waals surface area (Å²) in [6, 6.07) is 29.5. The van der Waals surface area contributed by atoms with E-state index in [0.29, 0.717) is 0 Å². The van der Waals surface area contributed by atoms with Gasteiger partial charge in [-0.15, -0.1) is 10.2 Å². The number of nitrogens with one attached hydrogen (secondary N) is 1. The van der Waals surface area contributed by atoms with E-state index in [1.165, 1.54) is 16.5 Å². The maximum Gasteiger partial charge on any atom is 0.178 e. The second kappa shape index (κ2) is 6.01. The molecule has 0 fully saturated rings. The van der Waals surface area contributed by atoms with Crippen LogP contribution in [-0.4, -0.2) is 19.7 Å². The van der Waals surface area contributed by atoms with E-state index in [9.17, 15) is 0 Å². The summed E-state index contributed by atoms with van der Waals surface area (Å²) in [6.07, 6.45) is 1.61. The molecule has 0 unspecified atom stereocenters. The minimum atomic E-state index is 0.756. The minimum absolute atomic E-state index is 0.756. The third-order valence-corrected chi connectivity index (χ3v) is 4.59. The highest BCUT2D eigenvalue weighted by molar-refractivity contribution is 5.91. The van der Waals surface area contributed by atoms with Gasteiger partial charge in [0.15, 0.2) is 5.82 Å². The number of para-hydroxylation sites is 1. The van der Waals surface area contributed by atoms with Crippen LogP contribution in [0.5, 0.6) is 0 Å². The van der Waals surface area contributed by atoms with Crippen LogP contribution in [0, 0.1) is 0 Å². The van der Waals surface area contributed by atoms with Gasteiger partial charge in [0, 0.05) is 11.1 Å². The predicted molar refractivity (Wildman–Crippen MR) is 104 cm³/mol. The zero-order valence-corrected chi connectivity index (χ0v) is 14.0. The second-order valence-corrected chi connectivity index (χ2v) is 6.18. The normalized spacial score (nSPS) is 11.1. The molecular formula is C22H16N4. The number of H-pyrrole nitrogens is 1. The lowest BCUT2D eigenvalue weighted by molar-refractivity contribution is 1.06. The quantitative estimate of drug-likeness (QED) is 0.499. The molecule has 3 aromatic carbocycles. The fraction of sp³-hybridized carbons (Fsp3) is 0. The van der Waals surface area contributed by atoms with E-state index in [4.69, 9.17) is 0 Å². The van der Waals surface area contributed by atoms with Gasteiger partial charge < -0.3 is 9.55 Å². The van der Waals surface area contributed by atoms with Crippen molar-refractivity contribution in [3.8, 4) is 28.3 Å². The number of aromatic amines is 1. The van der Waals surface area contributed by atoms with Gasteiger partial charge in [0.25, 0.3) is 0 Å². The molecule has 0 aliphatic heterocycles. The van der Waals surface area contributed by atoms with E-state index in [-0.39, 0.29) is 0 Å². The summed E-state index contributed by atoms with van der Waals surface area (Å²) in [5, 5.41) is 9.34. The molecule has 4 nitrogen and oxygen atoms in total. The molecular weight excluding hydrogens is 320 g/mol. The first kappa shape index (κ1) is 14.7. The standard InChI is InChI=1S/C22H16N4/c1-3-7-16(8-4-1)17-11-12-18-14-21(22-23-15-24-25-22)26(20(18)13-17)19-9-5-2-6-10-19/h1-15H,(H,23,24,25). The average molecular weight is 336 g/mol. The Morgan fingerprint density at radius 2 is 1.50 bits per heavy atom. The Kier molecular flexibility index (Phi) is 3.39. The monoisotopic (exact) mass is 336 g/mol. The molecule has 2 heterocycles. The molecule has 0 radical (unpaired) electrons. The molecule has 26 heavy (non-hydrogen) atoms. The number of hydrogen-bond acceptors (Lipinski definition) is 2. The second-order valence-electron chi connectivity index (χ2n) is 6.18. The van der Waals surface area contributed by atoms with Crippen molar-refractivity contribution in [2.24, 2.45) is 0 Å². The summed E-state index contributed by atoms with van der Waals surface area (Å²) in [4.78, 5) is 3.13. The number of nitrogens with zero attached hydrogens (tertiary/aromatic N) is 3. The molecule has 1 N–H and O–H groups in total. The van der Waals surface area contributed by atoms with Crippen LogP contribution in [0.25, 0.3) is 39.2 Å². The summed E-state index contributed by atoms with van der Waals surface area (Å²) in [7, 11) is 0. The van der Waals surface area contributed by atoms with Crippen LogP contribution in [0.4, 0.5) is 0 Å². The molecule has 0 aliphatic carbocycles. The molecule has 5 rings (SSSR count). The van der Waals surface area contributed by atoms with Crippen molar-refractivity contribution in [3.05, 3.63) is 91.3 Å². The molecule has 0 saturated carbocycles. The Labute approximate surface area is 150 Å². The lowest BCUT2D eigenvalue weighted by atomic mass is 10.0. The highest BCUT2D eigenvalue weighted by atomic mass is 15.2. The number of benzene rings is 3. The van der Waals surface area contributed by atoms with Gasteiger partial charge in [-0.1, -0.05) is 60.7 Å². The largest absolute Gasteiger partial charge is 0.326 e. The first-order valence-electron chi connectivity index (χ1n) is 8.53. The Morgan fingerprint density at radius 1 is 0.731 bits per heavy atom. The first-order valence-corrected chi connectivity index (χ1v) is 8.53. The Morgan fingerprint density at radius 3 is 2.23 bits per heavy atom. The van der Waals surface area contributed by atoms with E-state index >= 15 is 0 Å². The van der Waals surface area contributed by atoms with Gasteiger partial charge in [0.05, 0.1) is 11.2 Å². The minimum Gasteiger partial charge on any atom is -0.326 e. The maximum atomic E-state index is 4.22. The lowest BCUT2D eigenvalue weighted by Crippen LogP contribution is -1.97. The number of fused-ring (bicyclic) bond motifs is 1. The van der Waals surface area contributed by atoms with Crippen LogP contribution in [0.15, 0.2) is 91.3 Å². The summed E-state index contributed by atoms with van der Waals surface area (Å²) in [5.74, 6) is 0.756. The topological polar surface area (TPSA) is 46.5 Å². The fourth-order valence-electron chi connectivity index (χ4n) is 3.37. The Balaban J connectivity index is 1.81. The van der Waals surface area contributed by atoms with E-state index in [0.717, 1.165) is 22.7 Å². The molecule has 0 aliphatic rings. The van der Waals surface area contributed by atoms with Gasteiger partial charge >= 0.3 is 0 Å². The fourth-order valence-corrected chi connectivity index (χ4v) is 3.37. The summed E-state index contributed by atoms with van der Waals surface area (Å²) >= 11 is 0. The summed E-state index contributed by atoms with van der Waals surface area (Å²) in [6.45, 7) is 0. The van der Waals surface area contributed by atoms with E-state index in [1.807, 2.05) is 24.3 Å². The molecule has 5 aromatic rings. The summed E-state index contributed by atoms with van der Waals surface area (Å²) < 4.78 is 2.22. The van der Waals surface area contributed by atoms with E-state index in [2.05, 4.69) is 80.4 Å². The third-order valence-electron chi connectivity index (χ3n) is 4.59. The van der Waals surface area contributed by atoms with Gasteiger partial charge in [-0.25, -0.2) is 0 Å². The van der Waals surface area contributed by atoms with Crippen LogP contribution < -0.4 is 0 Å². The van der Waals surface area contributed by atoms with Crippen molar-refractivity contribution in [2.45, 2.75) is 0 Å². The maximum absolute atomic E-state index is 4.22. The highest BCUT2D eigenvalue weighted by Crippen LogP contribution is 2.32. The average Bonchev–Trinajstić information content (AvgIpc) is 3.36. The zero-order valence-electron chi connectivity index (χ0n) is 14.0. The Bertz CT molecular complexity index is 1160. The number of aromatic nitrogens is 4. The third kappa shape index (κ3) is 2.40. The summed E-state index contributed by atoms with van der Waals surface area (Å²) in [5.41, 5.74) is 5.63. The first-order chi connectivity index (χ1) is 12.9. The van der Waals surface area contributed by atoms with Crippen molar-refractivity contribution >= 4 is 10.9 Å². The predicted octanol–water partition coefficient (Wildman–Crippen LogP) is 5.08. The molecule has 0 amide bonds. The van der Waals surface area contributed by atoms with E-state index < -0.39 is 0 Å². The van der Waals surface area contributed by atoms with Crippen LogP contribution in [-0.2, 0) is 0 Å². The smallest absolute Gasteiger partial charge is 0.178 e. The van der Waals surface area contributed by atoms with Crippen molar-refractivity contribution in [2.75, 3.05) is 0 Å². The highest BCUT2D eigenvalue weighted by Gasteiger charge is 2.15. The van der Waals surface area contributed by atoms with Crippen LogP contribution in [0.3, 0.4) is 0 Å². The molecule has 4 heteroatoms. The molecule has 2 aromatic heterocycles. The van der Waals surface area contributed by atoms with Crippen LogP contribution >= 0.6 is 0 Å². The molecule has 0 bridgehead atoms. The van der Waals surface area contributed by atoms with Crippen LogP contribution in [0.1, 0.15) is 0 Å². The van der Waals surface area contributed by atoms with Crippen molar-refractivity contribution in [3.63, 3.8) is 0 Å². The molecule has 0 atom stereocenters. The van der Waals surface area contributed by atoms with Gasteiger partial charge in [-0.2, -0.15) is 0 Å². The van der Waals surface area contributed by atoms with Gasteiger partial charge in [-0.05, 0) is 35.4 Å². The number of rotatable bonds is 3. The Hall–Kier alpha value is -3.66. The van der Waals surface area contributed by atoms with Crippen molar-refractivity contribution < 1.29 is 0 Å². The van der Waals surface area contributed by atoms with Gasteiger partial charge in [0.2, 0.25) is 0 Å². The number of hydrogen-bond donors (Lipinski definition) is 1. The van der Waals surface area contributed by atoms with Gasteiger partial charge in [0.1, 0.15) is 6.33 Å². The molecule has 0 saturated heterocycles. The molecule has 0 spiro atoms. The molecule has 124 valence electrons.